The third-order valence-corrected chi connectivity index (χ3v) is 4.20. The second kappa shape index (κ2) is 7.01. The normalized spacial score (nSPS) is 20.8. The molecule has 0 saturated carbocycles. The van der Waals surface area contributed by atoms with Crippen molar-refractivity contribution in [3.05, 3.63) is 29.3 Å². The van der Waals surface area contributed by atoms with Gasteiger partial charge in [-0.05, 0) is 51.0 Å². The molecule has 0 radical (unpaired) electrons. The molecule has 2 rings (SSSR count). The van der Waals surface area contributed by atoms with E-state index in [4.69, 9.17) is 16.3 Å². The molecule has 1 unspecified atom stereocenters. The molecule has 0 spiro atoms. The summed E-state index contributed by atoms with van der Waals surface area (Å²) in [6.07, 6.45) is 1.49. The van der Waals surface area contributed by atoms with Crippen LogP contribution in [0.5, 0.6) is 5.75 Å². The lowest BCUT2D eigenvalue weighted by molar-refractivity contribution is -0.145. The van der Waals surface area contributed by atoms with Crippen molar-refractivity contribution in [1.82, 2.24) is 10.2 Å². The Morgan fingerprint density at radius 1 is 1.36 bits per heavy atom. The molecule has 2 amide bonds. The van der Waals surface area contributed by atoms with Gasteiger partial charge in [-0.15, -0.1) is 0 Å². The van der Waals surface area contributed by atoms with E-state index in [9.17, 15) is 9.59 Å². The molecule has 1 aromatic carbocycles. The molecule has 22 heavy (non-hydrogen) atoms. The Bertz CT molecular complexity index is 547. The summed E-state index contributed by atoms with van der Waals surface area (Å²) in [7, 11) is 0. The number of benzene rings is 1. The van der Waals surface area contributed by atoms with E-state index in [1.54, 1.807) is 29.2 Å². The van der Waals surface area contributed by atoms with Crippen molar-refractivity contribution in [3.63, 3.8) is 0 Å². The highest BCUT2D eigenvalue weighted by molar-refractivity contribution is 6.30. The van der Waals surface area contributed by atoms with E-state index in [1.165, 1.54) is 0 Å². The van der Waals surface area contributed by atoms with E-state index in [-0.39, 0.29) is 18.4 Å². The van der Waals surface area contributed by atoms with Crippen molar-refractivity contribution in [2.24, 2.45) is 0 Å². The molecule has 1 N–H and O–H groups in total. The molecule has 1 aromatic rings. The van der Waals surface area contributed by atoms with E-state index in [0.29, 0.717) is 30.3 Å². The highest BCUT2D eigenvalue weighted by Gasteiger charge is 2.45. The number of halogens is 1. The van der Waals surface area contributed by atoms with Gasteiger partial charge in [-0.2, -0.15) is 0 Å². The first-order chi connectivity index (χ1) is 10.5. The molecule has 1 heterocycles. The average Bonchev–Trinajstić information content (AvgIpc) is 2.90. The zero-order chi connectivity index (χ0) is 16.2. The van der Waals surface area contributed by atoms with Crippen LogP contribution in [0.2, 0.25) is 5.02 Å². The molecule has 0 aliphatic carbocycles. The molecule has 120 valence electrons. The van der Waals surface area contributed by atoms with Crippen LogP contribution in [0.4, 0.5) is 0 Å². The first kappa shape index (κ1) is 16.6. The highest BCUT2D eigenvalue weighted by Crippen LogP contribution is 2.29. The van der Waals surface area contributed by atoms with Gasteiger partial charge >= 0.3 is 0 Å². The van der Waals surface area contributed by atoms with E-state index in [1.807, 2.05) is 13.8 Å². The summed E-state index contributed by atoms with van der Waals surface area (Å²) in [5.74, 6) is 0.296. The van der Waals surface area contributed by atoms with E-state index in [0.717, 1.165) is 6.42 Å². The molecule has 1 atom stereocenters. The molecule has 1 fully saturated rings. The Hall–Kier alpha value is -1.75. The summed E-state index contributed by atoms with van der Waals surface area (Å²) in [4.78, 5) is 26.3. The fourth-order valence-corrected chi connectivity index (χ4v) is 2.83. The Balaban J connectivity index is 1.98. The van der Waals surface area contributed by atoms with Crippen molar-refractivity contribution in [1.29, 1.82) is 0 Å². The fourth-order valence-electron chi connectivity index (χ4n) is 2.70. The number of carbonyl (C=O) groups excluding carboxylic acids is 2. The maximum atomic E-state index is 12.4. The first-order valence-corrected chi connectivity index (χ1v) is 7.82. The van der Waals surface area contributed by atoms with E-state index >= 15 is 0 Å². The molecule has 5 nitrogen and oxygen atoms in total. The number of carbonyl (C=O) groups is 2. The molecule has 0 bridgehead atoms. The minimum absolute atomic E-state index is 0.0867. The van der Waals surface area contributed by atoms with Gasteiger partial charge in [0.1, 0.15) is 11.3 Å². The zero-order valence-corrected chi connectivity index (χ0v) is 13.7. The predicted molar refractivity (Wildman–Crippen MR) is 85.0 cm³/mol. The summed E-state index contributed by atoms with van der Waals surface area (Å²) < 4.78 is 5.49. The summed E-state index contributed by atoms with van der Waals surface area (Å²) in [6.45, 7) is 4.72. The smallest absolute Gasteiger partial charge is 0.261 e. The Kier molecular flexibility index (Phi) is 5.29. The molecule has 1 aliphatic rings. The Morgan fingerprint density at radius 2 is 2.05 bits per heavy atom. The van der Waals surface area contributed by atoms with Crippen LogP contribution < -0.4 is 10.1 Å². The number of hydrogen-bond donors (Lipinski definition) is 1. The van der Waals surface area contributed by atoms with E-state index < -0.39 is 5.54 Å². The Morgan fingerprint density at radius 3 is 2.68 bits per heavy atom. The van der Waals surface area contributed by atoms with Crippen LogP contribution in [-0.4, -0.2) is 41.9 Å². The predicted octanol–water partition coefficient (Wildman–Crippen LogP) is 2.24. The number of rotatable bonds is 5. The van der Waals surface area contributed by atoms with Gasteiger partial charge in [0.2, 0.25) is 5.91 Å². The van der Waals surface area contributed by atoms with Crippen LogP contribution >= 0.6 is 11.6 Å². The summed E-state index contributed by atoms with van der Waals surface area (Å²) in [5.41, 5.74) is -0.781. The number of likely N-dealkylation sites (N-methyl/N-ethyl adjacent to an activating group) is 1. The van der Waals surface area contributed by atoms with Crippen LogP contribution in [0.25, 0.3) is 0 Å². The van der Waals surface area contributed by atoms with Crippen molar-refractivity contribution < 1.29 is 14.3 Å². The van der Waals surface area contributed by atoms with Gasteiger partial charge < -0.3 is 15.0 Å². The van der Waals surface area contributed by atoms with Crippen molar-refractivity contribution >= 4 is 23.4 Å². The molecule has 0 aromatic heterocycles. The zero-order valence-electron chi connectivity index (χ0n) is 12.9. The van der Waals surface area contributed by atoms with Crippen molar-refractivity contribution in [2.45, 2.75) is 32.2 Å². The largest absolute Gasteiger partial charge is 0.484 e. The number of hydrogen-bond acceptors (Lipinski definition) is 3. The maximum Gasteiger partial charge on any atom is 0.261 e. The molecular weight excluding hydrogens is 304 g/mol. The third kappa shape index (κ3) is 3.53. The maximum absolute atomic E-state index is 12.4. The van der Waals surface area contributed by atoms with Gasteiger partial charge in [0.05, 0.1) is 0 Å². The second-order valence-electron chi connectivity index (χ2n) is 5.52. The van der Waals surface area contributed by atoms with Gasteiger partial charge in [0, 0.05) is 18.1 Å². The summed E-state index contributed by atoms with van der Waals surface area (Å²) in [5, 5.41) is 3.42. The van der Waals surface area contributed by atoms with Gasteiger partial charge in [-0.1, -0.05) is 11.6 Å². The Labute approximate surface area is 135 Å². The van der Waals surface area contributed by atoms with Crippen LogP contribution in [0.15, 0.2) is 24.3 Å². The SMILES string of the molecule is CCNC(=O)C1(C)CCCN1C(=O)COc1ccc(Cl)cc1. The van der Waals surface area contributed by atoms with Crippen molar-refractivity contribution in [3.8, 4) is 5.75 Å². The third-order valence-electron chi connectivity index (χ3n) is 3.94. The quantitative estimate of drug-likeness (QED) is 0.903. The standard InChI is InChI=1S/C16H21ClN2O3/c1-3-18-15(21)16(2)9-4-10-19(16)14(20)11-22-13-7-5-12(17)6-8-13/h5-8H,3-4,9-11H2,1-2H3,(H,18,21). The highest BCUT2D eigenvalue weighted by atomic mass is 35.5. The molecular formula is C16H21ClN2O3. The van der Waals surface area contributed by atoms with E-state index in [2.05, 4.69) is 5.32 Å². The van der Waals surface area contributed by atoms with Crippen LogP contribution in [0.3, 0.4) is 0 Å². The lowest BCUT2D eigenvalue weighted by Gasteiger charge is -2.33. The number of nitrogens with zero attached hydrogens (tertiary/aromatic N) is 1. The van der Waals surface area contributed by atoms with Gasteiger partial charge in [-0.3, -0.25) is 9.59 Å². The topological polar surface area (TPSA) is 58.6 Å². The first-order valence-electron chi connectivity index (χ1n) is 7.44. The second-order valence-corrected chi connectivity index (χ2v) is 5.96. The number of likely N-dealkylation sites (tertiary alicyclic amines) is 1. The monoisotopic (exact) mass is 324 g/mol. The lowest BCUT2D eigenvalue weighted by Crippen LogP contribution is -2.56. The number of ether oxygens (including phenoxy) is 1. The van der Waals surface area contributed by atoms with Crippen molar-refractivity contribution in [2.75, 3.05) is 19.7 Å². The minimum atomic E-state index is -0.781. The molecule has 6 heteroatoms. The number of nitrogens with one attached hydrogen (secondary N) is 1. The van der Waals surface area contributed by atoms with Gasteiger partial charge in [-0.25, -0.2) is 0 Å². The minimum Gasteiger partial charge on any atom is -0.484 e. The lowest BCUT2D eigenvalue weighted by atomic mass is 9.97. The van der Waals surface area contributed by atoms with Crippen LogP contribution in [-0.2, 0) is 9.59 Å². The van der Waals surface area contributed by atoms with Gasteiger partial charge in [0.25, 0.3) is 5.91 Å². The van der Waals surface area contributed by atoms with Crippen LogP contribution in [0.1, 0.15) is 26.7 Å². The summed E-state index contributed by atoms with van der Waals surface area (Å²) in [6, 6.07) is 6.83. The fraction of sp³-hybridized carbons (Fsp3) is 0.500. The molecule has 1 aliphatic heterocycles. The van der Waals surface area contributed by atoms with Gasteiger partial charge in [0.15, 0.2) is 6.61 Å². The molecule has 1 saturated heterocycles. The number of amides is 2. The van der Waals surface area contributed by atoms with Crippen LogP contribution in [0, 0.1) is 0 Å². The summed E-state index contributed by atoms with van der Waals surface area (Å²) >= 11 is 5.80. The average molecular weight is 325 g/mol.